The number of pyridine rings is 1. The molecule has 0 amide bonds. The average Bonchev–Trinajstić information content (AvgIpc) is 2.74. The van der Waals surface area contributed by atoms with Crippen molar-refractivity contribution in [2.24, 2.45) is 0 Å². The van der Waals surface area contributed by atoms with Gasteiger partial charge in [-0.25, -0.2) is 15.0 Å². The van der Waals surface area contributed by atoms with Gasteiger partial charge in [0.25, 0.3) is 0 Å². The summed E-state index contributed by atoms with van der Waals surface area (Å²) < 4.78 is 45.4. The molecule has 0 atom stereocenters. The van der Waals surface area contributed by atoms with Gasteiger partial charge >= 0.3 is 6.18 Å². The maximum absolute atomic E-state index is 13.4. The second-order valence-corrected chi connectivity index (χ2v) is 6.41. The third-order valence-corrected chi connectivity index (χ3v) is 4.37. The zero-order valence-electron chi connectivity index (χ0n) is 15.6. The van der Waals surface area contributed by atoms with Gasteiger partial charge in [0.2, 0.25) is 11.9 Å². The van der Waals surface area contributed by atoms with Crippen molar-refractivity contribution < 1.29 is 17.9 Å². The monoisotopic (exact) mass is 418 g/mol. The summed E-state index contributed by atoms with van der Waals surface area (Å²) in [6.45, 7) is 2.12. The van der Waals surface area contributed by atoms with E-state index in [0.29, 0.717) is 43.5 Å². The highest BCUT2D eigenvalue weighted by molar-refractivity contribution is 5.68. The molecular formula is C18H17F3N8O. The van der Waals surface area contributed by atoms with Gasteiger partial charge in [0.1, 0.15) is 5.82 Å². The molecule has 4 heterocycles. The largest absolute Gasteiger partial charge is 0.418 e. The van der Waals surface area contributed by atoms with Crippen molar-refractivity contribution >= 4 is 23.4 Å². The van der Waals surface area contributed by atoms with Crippen LogP contribution in [0.2, 0.25) is 0 Å². The topological polar surface area (TPSA) is 115 Å². The van der Waals surface area contributed by atoms with Crippen molar-refractivity contribution in [1.29, 1.82) is 0 Å². The molecule has 0 unspecified atom stereocenters. The van der Waals surface area contributed by atoms with E-state index in [2.05, 4.69) is 30.2 Å². The van der Waals surface area contributed by atoms with Crippen LogP contribution in [0.3, 0.4) is 0 Å². The normalized spacial score (nSPS) is 14.6. The zero-order valence-corrected chi connectivity index (χ0v) is 15.6. The van der Waals surface area contributed by atoms with Gasteiger partial charge in [0.15, 0.2) is 0 Å². The van der Waals surface area contributed by atoms with E-state index in [0.717, 1.165) is 18.5 Å². The van der Waals surface area contributed by atoms with Gasteiger partial charge in [-0.3, -0.25) is 4.98 Å². The predicted molar refractivity (Wildman–Crippen MR) is 103 cm³/mol. The minimum atomic E-state index is -4.54. The lowest BCUT2D eigenvalue weighted by Gasteiger charge is -2.27. The Morgan fingerprint density at radius 3 is 2.50 bits per heavy atom. The van der Waals surface area contributed by atoms with Crippen molar-refractivity contribution in [3.05, 3.63) is 42.5 Å². The number of morpholine rings is 1. The molecule has 30 heavy (non-hydrogen) atoms. The predicted octanol–water partition coefficient (Wildman–Crippen LogP) is 2.51. The summed E-state index contributed by atoms with van der Waals surface area (Å²) in [5, 5.41) is 2.72. The number of nitrogens with two attached hydrogens (primary N) is 1. The molecule has 3 aromatic rings. The molecule has 1 saturated heterocycles. The van der Waals surface area contributed by atoms with Gasteiger partial charge in [-0.05, 0) is 6.07 Å². The SMILES string of the molecule is Nc1ncc(-c2cc(Nc3cnccc3C(F)(F)F)nc(N3CCOCC3)n2)cn1. The summed E-state index contributed by atoms with van der Waals surface area (Å²) in [7, 11) is 0. The van der Waals surface area contributed by atoms with E-state index in [-0.39, 0.29) is 17.5 Å². The number of aromatic nitrogens is 5. The minimum absolute atomic E-state index is 0.102. The Morgan fingerprint density at radius 1 is 1.07 bits per heavy atom. The minimum Gasteiger partial charge on any atom is -0.378 e. The van der Waals surface area contributed by atoms with E-state index in [1.165, 1.54) is 18.5 Å². The summed E-state index contributed by atoms with van der Waals surface area (Å²) in [6, 6.07) is 2.42. The van der Waals surface area contributed by atoms with Crippen molar-refractivity contribution in [2.75, 3.05) is 42.3 Å². The Balaban J connectivity index is 1.75. The Kier molecular flexibility index (Phi) is 5.31. The lowest BCUT2D eigenvalue weighted by atomic mass is 10.2. The average molecular weight is 418 g/mol. The van der Waals surface area contributed by atoms with Crippen LogP contribution in [0.5, 0.6) is 0 Å². The van der Waals surface area contributed by atoms with Crippen LogP contribution in [0.15, 0.2) is 36.9 Å². The fourth-order valence-electron chi connectivity index (χ4n) is 2.90. The van der Waals surface area contributed by atoms with Crippen LogP contribution < -0.4 is 16.0 Å². The lowest BCUT2D eigenvalue weighted by molar-refractivity contribution is -0.137. The number of anilines is 4. The second kappa shape index (κ2) is 8.06. The number of ether oxygens (including phenoxy) is 1. The molecule has 156 valence electrons. The maximum Gasteiger partial charge on any atom is 0.418 e. The van der Waals surface area contributed by atoms with Gasteiger partial charge < -0.3 is 20.7 Å². The third kappa shape index (κ3) is 4.38. The summed E-state index contributed by atoms with van der Waals surface area (Å²) in [5.41, 5.74) is 5.46. The van der Waals surface area contributed by atoms with E-state index in [9.17, 15) is 13.2 Å². The van der Waals surface area contributed by atoms with Gasteiger partial charge in [-0.2, -0.15) is 18.2 Å². The number of alkyl halides is 3. The summed E-state index contributed by atoms with van der Waals surface area (Å²) in [4.78, 5) is 22.5. The molecule has 0 bridgehead atoms. The zero-order chi connectivity index (χ0) is 21.1. The van der Waals surface area contributed by atoms with E-state index < -0.39 is 11.7 Å². The molecular weight excluding hydrogens is 401 g/mol. The molecule has 0 radical (unpaired) electrons. The number of nitrogens with one attached hydrogen (secondary N) is 1. The number of nitrogens with zero attached hydrogens (tertiary/aromatic N) is 6. The number of nitrogen functional groups attached to an aromatic ring is 1. The molecule has 9 nitrogen and oxygen atoms in total. The van der Waals surface area contributed by atoms with E-state index in [1.54, 1.807) is 0 Å². The van der Waals surface area contributed by atoms with Crippen molar-refractivity contribution in [1.82, 2.24) is 24.9 Å². The van der Waals surface area contributed by atoms with Gasteiger partial charge in [-0.15, -0.1) is 0 Å². The fraction of sp³-hybridized carbons (Fsp3) is 0.278. The Hall–Kier alpha value is -3.54. The molecule has 0 aromatic carbocycles. The first-order valence-corrected chi connectivity index (χ1v) is 8.98. The maximum atomic E-state index is 13.4. The van der Waals surface area contributed by atoms with Crippen molar-refractivity contribution in [3.63, 3.8) is 0 Å². The molecule has 3 N–H and O–H groups in total. The Labute approximate surface area is 169 Å². The highest BCUT2D eigenvalue weighted by atomic mass is 19.4. The highest BCUT2D eigenvalue weighted by Crippen LogP contribution is 2.35. The molecule has 1 fully saturated rings. The molecule has 0 aliphatic carbocycles. The van der Waals surface area contributed by atoms with Gasteiger partial charge in [-0.1, -0.05) is 0 Å². The highest BCUT2D eigenvalue weighted by Gasteiger charge is 2.33. The van der Waals surface area contributed by atoms with Crippen LogP contribution in [0.25, 0.3) is 11.3 Å². The third-order valence-electron chi connectivity index (χ3n) is 4.37. The molecule has 1 aliphatic heterocycles. The van der Waals surface area contributed by atoms with Crippen LogP contribution in [-0.4, -0.2) is 51.2 Å². The smallest absolute Gasteiger partial charge is 0.378 e. The summed E-state index contributed by atoms with van der Waals surface area (Å²) in [5.74, 6) is 0.633. The molecule has 4 rings (SSSR count). The number of rotatable bonds is 4. The molecule has 3 aromatic heterocycles. The number of hydrogen-bond acceptors (Lipinski definition) is 9. The fourth-order valence-corrected chi connectivity index (χ4v) is 2.90. The van der Waals surface area contributed by atoms with Crippen LogP contribution >= 0.6 is 0 Å². The van der Waals surface area contributed by atoms with Gasteiger partial charge in [0, 0.05) is 43.3 Å². The van der Waals surface area contributed by atoms with Crippen molar-refractivity contribution in [3.8, 4) is 11.3 Å². The van der Waals surface area contributed by atoms with Crippen LogP contribution in [0.1, 0.15) is 5.56 Å². The Morgan fingerprint density at radius 2 is 1.80 bits per heavy atom. The standard InChI is InChI=1S/C18H17F3N8O/c19-18(20,21)12-1-2-23-10-14(12)26-15-7-13(11-8-24-16(22)25-9-11)27-17(28-15)29-3-5-30-6-4-29/h1-2,7-10H,3-6H2,(H2,22,24,25)(H,26,27,28). The summed E-state index contributed by atoms with van der Waals surface area (Å²) >= 11 is 0. The molecule has 1 aliphatic rings. The molecule has 12 heteroatoms. The Bertz CT molecular complexity index is 1020. The van der Waals surface area contributed by atoms with E-state index >= 15 is 0 Å². The van der Waals surface area contributed by atoms with E-state index in [1.807, 2.05) is 4.90 Å². The second-order valence-electron chi connectivity index (χ2n) is 6.41. The quantitative estimate of drug-likeness (QED) is 0.659. The van der Waals surface area contributed by atoms with E-state index in [4.69, 9.17) is 10.5 Å². The lowest BCUT2D eigenvalue weighted by Crippen LogP contribution is -2.37. The van der Waals surface area contributed by atoms with Crippen LogP contribution in [-0.2, 0) is 10.9 Å². The molecule has 0 spiro atoms. The first-order chi connectivity index (χ1) is 14.4. The number of hydrogen-bond donors (Lipinski definition) is 2. The van der Waals surface area contributed by atoms with Crippen LogP contribution in [0.4, 0.5) is 36.6 Å². The number of halogens is 3. The molecule has 0 saturated carbocycles. The van der Waals surface area contributed by atoms with Crippen LogP contribution in [0, 0.1) is 0 Å². The summed E-state index contributed by atoms with van der Waals surface area (Å²) in [6.07, 6.45) is 0.625. The van der Waals surface area contributed by atoms with Gasteiger partial charge in [0.05, 0.1) is 36.4 Å². The van der Waals surface area contributed by atoms with Crippen molar-refractivity contribution in [2.45, 2.75) is 6.18 Å². The first kappa shape index (κ1) is 19.8. The first-order valence-electron chi connectivity index (χ1n) is 8.98.